The van der Waals surface area contributed by atoms with Crippen LogP contribution in [0, 0.1) is 0 Å². The Morgan fingerprint density at radius 1 is 1.10 bits per heavy atom. The number of aryl methyl sites for hydroxylation is 1. The Hall–Kier alpha value is -2.37. The number of ether oxygens (including phenoxy) is 1. The van der Waals surface area contributed by atoms with Gasteiger partial charge in [0.25, 0.3) is 0 Å². The van der Waals surface area contributed by atoms with E-state index in [2.05, 4.69) is 11.4 Å². The normalized spacial score (nSPS) is 12.9. The van der Waals surface area contributed by atoms with Crippen molar-refractivity contribution < 1.29 is 14.3 Å². The number of fused-ring (bicyclic) bond motifs is 1. The fourth-order valence-electron chi connectivity index (χ4n) is 3.77. The van der Waals surface area contributed by atoms with Crippen molar-refractivity contribution in [3.05, 3.63) is 59.2 Å². The molecule has 0 saturated carbocycles. The summed E-state index contributed by atoms with van der Waals surface area (Å²) in [5.41, 5.74) is 3.99. The van der Waals surface area contributed by atoms with Crippen LogP contribution in [0.15, 0.2) is 42.5 Å². The minimum Gasteiger partial charge on any atom is -0.496 e. The molecule has 30 heavy (non-hydrogen) atoms. The van der Waals surface area contributed by atoms with Crippen molar-refractivity contribution >= 4 is 29.8 Å². The van der Waals surface area contributed by atoms with E-state index in [9.17, 15) is 9.59 Å². The lowest BCUT2D eigenvalue weighted by Gasteiger charge is -2.26. The molecule has 2 aromatic rings. The quantitative estimate of drug-likeness (QED) is 0.453. The van der Waals surface area contributed by atoms with E-state index in [1.54, 1.807) is 19.1 Å². The summed E-state index contributed by atoms with van der Waals surface area (Å²) in [5, 5.41) is 3.44. The van der Waals surface area contributed by atoms with Crippen molar-refractivity contribution in [2.24, 2.45) is 0 Å². The first-order chi connectivity index (χ1) is 14.1. The molecule has 0 spiro atoms. The van der Waals surface area contributed by atoms with Crippen LogP contribution in [0.5, 0.6) is 5.75 Å². The van der Waals surface area contributed by atoms with Gasteiger partial charge in [-0.3, -0.25) is 9.59 Å². The molecule has 0 atom stereocenters. The molecule has 1 N–H and O–H groups in total. The molecule has 0 fully saturated rings. The van der Waals surface area contributed by atoms with E-state index in [0.717, 1.165) is 61.3 Å². The third-order valence-electron chi connectivity index (χ3n) is 5.52. The van der Waals surface area contributed by atoms with E-state index in [-0.39, 0.29) is 24.1 Å². The van der Waals surface area contributed by atoms with Crippen molar-refractivity contribution in [3.8, 4) is 5.75 Å². The van der Waals surface area contributed by atoms with Gasteiger partial charge < -0.3 is 15.0 Å². The highest BCUT2D eigenvalue weighted by molar-refractivity contribution is 5.99. The number of para-hydroxylation sites is 1. The summed E-state index contributed by atoms with van der Waals surface area (Å²) in [6, 6.07) is 13.8. The van der Waals surface area contributed by atoms with Crippen molar-refractivity contribution in [2.45, 2.75) is 38.5 Å². The first-order valence-corrected chi connectivity index (χ1v) is 10.4. The second-order valence-electron chi connectivity index (χ2n) is 7.49. The van der Waals surface area contributed by atoms with E-state index in [0.29, 0.717) is 12.8 Å². The molecule has 0 unspecified atom stereocenters. The maximum absolute atomic E-state index is 12.5. The molecule has 0 radical (unpaired) electrons. The number of benzene rings is 2. The Morgan fingerprint density at radius 2 is 1.90 bits per heavy atom. The lowest BCUT2D eigenvalue weighted by Crippen LogP contribution is -2.31. The molecular formula is C24H31ClN2O3. The highest BCUT2D eigenvalue weighted by Gasteiger charge is 2.21. The van der Waals surface area contributed by atoms with Crippen LogP contribution in [-0.2, 0) is 17.6 Å². The van der Waals surface area contributed by atoms with Crippen LogP contribution in [0.4, 0.5) is 5.69 Å². The van der Waals surface area contributed by atoms with Gasteiger partial charge in [-0.25, -0.2) is 0 Å². The Kier molecular flexibility index (Phi) is 9.34. The average molecular weight is 431 g/mol. The summed E-state index contributed by atoms with van der Waals surface area (Å²) in [6.45, 7) is 1.80. The van der Waals surface area contributed by atoms with E-state index < -0.39 is 0 Å². The lowest BCUT2D eigenvalue weighted by molar-refractivity contribution is -0.118. The number of anilines is 1. The molecule has 0 bridgehead atoms. The molecule has 1 amide bonds. The van der Waals surface area contributed by atoms with Gasteiger partial charge in [0, 0.05) is 31.1 Å². The number of rotatable bonds is 10. The second kappa shape index (κ2) is 11.7. The number of ketones is 1. The zero-order valence-corrected chi connectivity index (χ0v) is 18.6. The maximum Gasteiger partial charge on any atom is 0.227 e. The molecule has 2 aromatic carbocycles. The van der Waals surface area contributed by atoms with Crippen LogP contribution in [0.3, 0.4) is 0 Å². The molecule has 1 aliphatic heterocycles. The number of hydrogen-bond donors (Lipinski definition) is 1. The molecule has 1 aliphatic rings. The third kappa shape index (κ3) is 6.07. The summed E-state index contributed by atoms with van der Waals surface area (Å²) in [7, 11) is 3.49. The van der Waals surface area contributed by atoms with Gasteiger partial charge in [0.1, 0.15) is 5.75 Å². The molecule has 0 aromatic heterocycles. The molecular weight excluding hydrogens is 400 g/mol. The number of amides is 1. The Morgan fingerprint density at radius 3 is 2.70 bits per heavy atom. The van der Waals surface area contributed by atoms with Crippen LogP contribution in [0.25, 0.3) is 0 Å². The van der Waals surface area contributed by atoms with E-state index in [1.807, 2.05) is 36.4 Å². The number of halogens is 1. The molecule has 0 saturated heterocycles. The zero-order chi connectivity index (χ0) is 20.6. The number of Topliss-reactive ketones (excluding diaryl/α,β-unsaturated/α-hetero) is 1. The monoisotopic (exact) mass is 430 g/mol. The van der Waals surface area contributed by atoms with Crippen molar-refractivity contribution in [3.63, 3.8) is 0 Å². The largest absolute Gasteiger partial charge is 0.496 e. The molecule has 6 heteroatoms. The summed E-state index contributed by atoms with van der Waals surface area (Å²) in [6.07, 6.45) is 4.56. The first-order valence-electron chi connectivity index (χ1n) is 10.4. The predicted molar refractivity (Wildman–Crippen MR) is 123 cm³/mol. The summed E-state index contributed by atoms with van der Waals surface area (Å²) < 4.78 is 5.37. The van der Waals surface area contributed by atoms with Gasteiger partial charge in [0.15, 0.2) is 5.78 Å². The number of methoxy groups -OCH3 is 1. The number of nitrogens with zero attached hydrogens (tertiary/aromatic N) is 1. The first kappa shape index (κ1) is 23.9. The fraction of sp³-hybridized carbons (Fsp3) is 0.417. The number of carbonyl (C=O) groups is 2. The van der Waals surface area contributed by atoms with E-state index >= 15 is 0 Å². The Balaban J connectivity index is 0.00000320. The van der Waals surface area contributed by atoms with E-state index in [1.165, 1.54) is 5.56 Å². The highest BCUT2D eigenvalue weighted by Crippen LogP contribution is 2.28. The van der Waals surface area contributed by atoms with Crippen LogP contribution < -0.4 is 15.0 Å². The van der Waals surface area contributed by atoms with Gasteiger partial charge in [-0.15, -0.1) is 12.4 Å². The molecule has 0 aliphatic carbocycles. The smallest absolute Gasteiger partial charge is 0.227 e. The standard InChI is InChI=1S/C24H30N2O3.ClH/c1-26-21-12-10-20(17-19(21)11-13-24(26)28)22(27)8-5-6-15-25-16-14-18-7-3-4-9-23(18)29-2;/h3-4,7,9-10,12,17,25H,5-6,8,11,13-16H2,1-2H3;1H. The molecule has 1 heterocycles. The van der Waals surface area contributed by atoms with Gasteiger partial charge >= 0.3 is 0 Å². The summed E-state index contributed by atoms with van der Waals surface area (Å²) in [5.74, 6) is 1.25. The van der Waals surface area contributed by atoms with Gasteiger partial charge in [-0.1, -0.05) is 18.2 Å². The van der Waals surface area contributed by atoms with Gasteiger partial charge in [0.05, 0.1) is 7.11 Å². The topological polar surface area (TPSA) is 58.6 Å². The minimum atomic E-state index is 0. The molecule has 162 valence electrons. The Labute approximate surface area is 185 Å². The van der Waals surface area contributed by atoms with Crippen LogP contribution in [0.1, 0.15) is 47.2 Å². The van der Waals surface area contributed by atoms with Crippen LogP contribution in [-0.4, -0.2) is 38.9 Å². The third-order valence-corrected chi connectivity index (χ3v) is 5.52. The minimum absolute atomic E-state index is 0. The maximum atomic E-state index is 12.5. The van der Waals surface area contributed by atoms with Gasteiger partial charge in [-0.05, 0) is 74.2 Å². The van der Waals surface area contributed by atoms with Gasteiger partial charge in [-0.2, -0.15) is 0 Å². The Bertz CT molecular complexity index is 869. The van der Waals surface area contributed by atoms with Crippen molar-refractivity contribution in [1.82, 2.24) is 5.32 Å². The van der Waals surface area contributed by atoms with Crippen LogP contribution in [0.2, 0.25) is 0 Å². The number of hydrogen-bond acceptors (Lipinski definition) is 4. The average Bonchev–Trinajstić information content (AvgIpc) is 2.75. The fourth-order valence-corrected chi connectivity index (χ4v) is 3.77. The van der Waals surface area contributed by atoms with Crippen LogP contribution >= 0.6 is 12.4 Å². The SMILES string of the molecule is COc1ccccc1CCNCCCCC(=O)c1ccc2c(c1)CCC(=O)N2C.Cl. The molecule has 5 nitrogen and oxygen atoms in total. The second-order valence-corrected chi connectivity index (χ2v) is 7.49. The summed E-state index contributed by atoms with van der Waals surface area (Å²) >= 11 is 0. The van der Waals surface area contributed by atoms with E-state index in [4.69, 9.17) is 4.74 Å². The summed E-state index contributed by atoms with van der Waals surface area (Å²) in [4.78, 5) is 26.0. The van der Waals surface area contributed by atoms with Gasteiger partial charge in [0.2, 0.25) is 5.91 Å². The van der Waals surface area contributed by atoms with Crippen molar-refractivity contribution in [1.29, 1.82) is 0 Å². The number of unbranched alkanes of at least 4 members (excludes halogenated alkanes) is 1. The predicted octanol–water partition coefficient (Wildman–Crippen LogP) is 4.21. The number of carbonyl (C=O) groups excluding carboxylic acids is 2. The molecule has 3 rings (SSSR count). The van der Waals surface area contributed by atoms with Crippen molar-refractivity contribution in [2.75, 3.05) is 32.1 Å². The number of nitrogens with one attached hydrogen (secondary N) is 1. The lowest BCUT2D eigenvalue weighted by atomic mass is 9.96. The zero-order valence-electron chi connectivity index (χ0n) is 17.8. The highest BCUT2D eigenvalue weighted by atomic mass is 35.5.